The average molecular weight is 259 g/mol. The fourth-order valence-electron chi connectivity index (χ4n) is 1.15. The molecule has 0 radical (unpaired) electrons. The predicted octanol–water partition coefficient (Wildman–Crippen LogP) is 2.06. The Bertz CT molecular complexity index is 376. The minimum absolute atomic E-state index is 0.0834. The topological polar surface area (TPSA) is 66.4 Å². The van der Waals surface area contributed by atoms with Crippen molar-refractivity contribution < 1.29 is 14.7 Å². The lowest BCUT2D eigenvalue weighted by molar-refractivity contribution is -0.137. The van der Waals surface area contributed by atoms with Gasteiger partial charge < -0.3 is 10.4 Å². The van der Waals surface area contributed by atoms with Crippen LogP contribution < -0.4 is 5.32 Å². The summed E-state index contributed by atoms with van der Waals surface area (Å²) >= 11 is 2.93. The number of carboxylic acid groups (broad SMARTS) is 1. The molecule has 0 unspecified atom stereocenters. The number of nitrogens with one attached hydrogen (secondary N) is 1. The molecule has 0 saturated carbocycles. The van der Waals surface area contributed by atoms with E-state index >= 15 is 0 Å². The molecule has 16 heavy (non-hydrogen) atoms. The van der Waals surface area contributed by atoms with Gasteiger partial charge in [-0.1, -0.05) is 0 Å². The number of carbonyl (C=O) groups excluding carboxylic acids is 1. The molecule has 1 rings (SSSR count). The molecule has 0 aromatic carbocycles. The van der Waals surface area contributed by atoms with Gasteiger partial charge in [0.2, 0.25) is 0 Å². The molecule has 0 saturated heterocycles. The molecular formula is C10H13NO3S2. The molecule has 0 bridgehead atoms. The lowest BCUT2D eigenvalue weighted by atomic mass is 10.3. The molecule has 1 heterocycles. The van der Waals surface area contributed by atoms with Gasteiger partial charge >= 0.3 is 5.97 Å². The summed E-state index contributed by atoms with van der Waals surface area (Å²) in [6, 6.07) is 1.90. The smallest absolute Gasteiger partial charge is 0.303 e. The zero-order chi connectivity index (χ0) is 12.0. The van der Waals surface area contributed by atoms with Crippen molar-refractivity contribution in [3.8, 4) is 0 Å². The van der Waals surface area contributed by atoms with Crippen LogP contribution >= 0.6 is 23.1 Å². The monoisotopic (exact) mass is 259 g/mol. The first-order chi connectivity index (χ1) is 7.65. The lowest BCUT2D eigenvalue weighted by Gasteiger charge is -2.03. The van der Waals surface area contributed by atoms with Crippen LogP contribution in [0.5, 0.6) is 0 Å². The molecule has 1 aromatic rings. The van der Waals surface area contributed by atoms with Crippen molar-refractivity contribution in [3.05, 3.63) is 16.3 Å². The van der Waals surface area contributed by atoms with Crippen molar-refractivity contribution in [1.82, 2.24) is 5.32 Å². The van der Waals surface area contributed by atoms with Gasteiger partial charge in [-0.2, -0.15) is 0 Å². The van der Waals surface area contributed by atoms with Crippen molar-refractivity contribution in [1.29, 1.82) is 0 Å². The van der Waals surface area contributed by atoms with E-state index < -0.39 is 5.97 Å². The number of hydrogen-bond donors (Lipinski definition) is 2. The van der Waals surface area contributed by atoms with E-state index in [1.54, 1.807) is 0 Å². The number of rotatable bonds is 6. The summed E-state index contributed by atoms with van der Waals surface area (Å²) < 4.78 is 0. The maximum atomic E-state index is 11.7. The van der Waals surface area contributed by atoms with E-state index in [2.05, 4.69) is 5.32 Å². The highest BCUT2D eigenvalue weighted by Crippen LogP contribution is 2.25. The van der Waals surface area contributed by atoms with E-state index in [1.165, 1.54) is 23.1 Å². The number of thiophene rings is 1. The second kappa shape index (κ2) is 6.55. The minimum atomic E-state index is -0.838. The first-order valence-corrected chi connectivity index (χ1v) is 6.87. The quantitative estimate of drug-likeness (QED) is 0.606. The number of amides is 1. The van der Waals surface area contributed by atoms with Gasteiger partial charge in [0, 0.05) is 17.9 Å². The zero-order valence-corrected chi connectivity index (χ0v) is 10.5. The normalized spacial score (nSPS) is 10.1. The van der Waals surface area contributed by atoms with Crippen LogP contribution in [0.3, 0.4) is 0 Å². The van der Waals surface area contributed by atoms with E-state index in [1.807, 2.05) is 17.7 Å². The fourth-order valence-corrected chi connectivity index (χ4v) is 2.81. The van der Waals surface area contributed by atoms with Gasteiger partial charge in [0.25, 0.3) is 5.91 Å². The summed E-state index contributed by atoms with van der Waals surface area (Å²) in [5.41, 5.74) is 0. The Morgan fingerprint density at radius 3 is 2.94 bits per heavy atom. The van der Waals surface area contributed by atoms with Crippen LogP contribution in [0.1, 0.15) is 22.5 Å². The van der Waals surface area contributed by atoms with Crippen LogP contribution in [0.25, 0.3) is 0 Å². The van der Waals surface area contributed by atoms with E-state index in [9.17, 15) is 9.59 Å². The molecule has 0 fully saturated rings. The zero-order valence-electron chi connectivity index (χ0n) is 8.86. The number of aliphatic carboxylic acids is 1. The Morgan fingerprint density at radius 2 is 2.31 bits per heavy atom. The van der Waals surface area contributed by atoms with Gasteiger partial charge in [-0.05, 0) is 24.1 Å². The molecule has 6 heteroatoms. The molecular weight excluding hydrogens is 246 g/mol. The first-order valence-electron chi connectivity index (χ1n) is 4.76. The minimum Gasteiger partial charge on any atom is -0.481 e. The number of carboxylic acids is 1. The lowest BCUT2D eigenvalue weighted by Crippen LogP contribution is -2.24. The van der Waals surface area contributed by atoms with E-state index in [0.717, 1.165) is 4.90 Å². The third kappa shape index (κ3) is 3.86. The van der Waals surface area contributed by atoms with Crippen LogP contribution in [-0.4, -0.2) is 29.8 Å². The predicted molar refractivity (Wildman–Crippen MR) is 65.3 cm³/mol. The van der Waals surface area contributed by atoms with Gasteiger partial charge in [0.15, 0.2) is 0 Å². The second-order valence-corrected chi connectivity index (χ2v) is 4.84. The molecule has 1 aromatic heterocycles. The van der Waals surface area contributed by atoms with Crippen molar-refractivity contribution in [2.24, 2.45) is 0 Å². The Morgan fingerprint density at radius 1 is 1.56 bits per heavy atom. The van der Waals surface area contributed by atoms with Crippen molar-refractivity contribution in [2.75, 3.05) is 12.8 Å². The average Bonchev–Trinajstić information content (AvgIpc) is 2.71. The van der Waals surface area contributed by atoms with Crippen molar-refractivity contribution >= 4 is 35.0 Å². The Kier molecular flexibility index (Phi) is 5.34. The summed E-state index contributed by atoms with van der Waals surface area (Å²) in [6.45, 7) is 0.400. The van der Waals surface area contributed by atoms with E-state index in [-0.39, 0.29) is 12.3 Å². The highest BCUT2D eigenvalue weighted by Gasteiger charge is 2.11. The third-order valence-electron chi connectivity index (χ3n) is 1.91. The highest BCUT2D eigenvalue weighted by atomic mass is 32.2. The van der Waals surface area contributed by atoms with Gasteiger partial charge in [-0.25, -0.2) is 0 Å². The van der Waals surface area contributed by atoms with Crippen LogP contribution in [0, 0.1) is 0 Å². The molecule has 0 aliphatic carbocycles. The summed E-state index contributed by atoms with van der Waals surface area (Å²) in [4.78, 5) is 23.6. The molecule has 88 valence electrons. The molecule has 2 N–H and O–H groups in total. The van der Waals surface area contributed by atoms with E-state index in [4.69, 9.17) is 5.11 Å². The van der Waals surface area contributed by atoms with Crippen molar-refractivity contribution in [3.63, 3.8) is 0 Å². The first kappa shape index (κ1) is 13.1. The number of carbonyl (C=O) groups is 2. The summed E-state index contributed by atoms with van der Waals surface area (Å²) in [5.74, 6) is -0.958. The fraction of sp³-hybridized carbons (Fsp3) is 0.400. The third-order valence-corrected chi connectivity index (χ3v) is 3.73. The van der Waals surface area contributed by atoms with Gasteiger partial charge in [-0.15, -0.1) is 23.1 Å². The maximum Gasteiger partial charge on any atom is 0.303 e. The maximum absolute atomic E-state index is 11.7. The SMILES string of the molecule is CSc1ccsc1C(=O)NCCCC(=O)O. The molecule has 1 amide bonds. The molecule has 0 spiro atoms. The van der Waals surface area contributed by atoms with Gasteiger partial charge in [-0.3, -0.25) is 9.59 Å². The van der Waals surface area contributed by atoms with E-state index in [0.29, 0.717) is 17.8 Å². The highest BCUT2D eigenvalue weighted by molar-refractivity contribution is 7.98. The largest absolute Gasteiger partial charge is 0.481 e. The summed E-state index contributed by atoms with van der Waals surface area (Å²) in [7, 11) is 0. The summed E-state index contributed by atoms with van der Waals surface area (Å²) in [6.07, 6.45) is 2.46. The molecule has 0 atom stereocenters. The Labute approximate surface area is 102 Å². The number of thioether (sulfide) groups is 1. The van der Waals surface area contributed by atoms with Gasteiger partial charge in [0.05, 0.1) is 0 Å². The molecule has 4 nitrogen and oxygen atoms in total. The summed E-state index contributed by atoms with van der Waals surface area (Å²) in [5, 5.41) is 13.0. The number of hydrogen-bond acceptors (Lipinski definition) is 4. The Hall–Kier alpha value is -1.01. The van der Waals surface area contributed by atoms with Crippen LogP contribution in [-0.2, 0) is 4.79 Å². The standard InChI is InChI=1S/C10H13NO3S2/c1-15-7-4-6-16-9(7)10(14)11-5-2-3-8(12)13/h4,6H,2-3,5H2,1H3,(H,11,14)(H,12,13). The van der Waals surface area contributed by atoms with Gasteiger partial charge in [0.1, 0.15) is 4.88 Å². The van der Waals surface area contributed by atoms with Crippen LogP contribution in [0.15, 0.2) is 16.3 Å². The molecule has 0 aliphatic heterocycles. The second-order valence-electron chi connectivity index (χ2n) is 3.07. The van der Waals surface area contributed by atoms with Crippen LogP contribution in [0.2, 0.25) is 0 Å². The van der Waals surface area contributed by atoms with Crippen LogP contribution in [0.4, 0.5) is 0 Å². The Balaban J connectivity index is 2.38. The van der Waals surface area contributed by atoms with Crippen molar-refractivity contribution in [2.45, 2.75) is 17.7 Å². The molecule has 0 aliphatic rings.